The highest BCUT2D eigenvalue weighted by molar-refractivity contribution is 14.1. The zero-order chi connectivity index (χ0) is 15.3. The monoisotopic (exact) mass is 467 g/mol. The smallest absolute Gasteiger partial charge is 0.466 e. The van der Waals surface area contributed by atoms with Crippen molar-refractivity contribution in [2.24, 2.45) is 0 Å². The van der Waals surface area contributed by atoms with Crippen molar-refractivity contribution in [1.29, 1.82) is 0 Å². The van der Waals surface area contributed by atoms with Crippen molar-refractivity contribution in [2.75, 3.05) is 6.61 Å². The number of rotatable bonds is 5. The van der Waals surface area contributed by atoms with Gasteiger partial charge in [-0.3, -0.25) is 4.79 Å². The van der Waals surface area contributed by atoms with E-state index in [1.807, 2.05) is 0 Å². The molecule has 1 heterocycles. The predicted molar refractivity (Wildman–Crippen MR) is 76.6 cm³/mol. The third-order valence-electron chi connectivity index (χ3n) is 2.12. The van der Waals surface area contributed by atoms with Crippen molar-refractivity contribution in [3.05, 3.63) is 21.0 Å². The van der Waals surface area contributed by atoms with Gasteiger partial charge in [-0.05, 0) is 29.5 Å². The molecule has 0 aliphatic carbocycles. The molecule has 20 heavy (non-hydrogen) atoms. The Balaban J connectivity index is 3.18. The highest BCUT2D eigenvalue weighted by atomic mass is 127. The van der Waals surface area contributed by atoms with Gasteiger partial charge in [0.15, 0.2) is 0 Å². The van der Waals surface area contributed by atoms with E-state index in [1.54, 1.807) is 29.5 Å². The first-order chi connectivity index (χ1) is 9.26. The lowest BCUT2D eigenvalue weighted by molar-refractivity contribution is -0.275. The summed E-state index contributed by atoms with van der Waals surface area (Å²) in [5, 5.41) is 0.201. The van der Waals surface area contributed by atoms with Crippen LogP contribution in [-0.2, 0) is 21.3 Å². The summed E-state index contributed by atoms with van der Waals surface area (Å²) in [7, 11) is 0. The number of esters is 1. The minimum absolute atomic E-state index is 0.0677. The maximum absolute atomic E-state index is 12.4. The van der Waals surface area contributed by atoms with E-state index in [0.29, 0.717) is 9.39 Å². The SMILES string of the molecule is CCOC(=O)Cc1c(OC(F)(F)F)cc(I)nc1CBr. The van der Waals surface area contributed by atoms with Crippen LogP contribution in [0, 0.1) is 3.70 Å². The number of pyridine rings is 1. The predicted octanol–water partition coefficient (Wildman–Crippen LogP) is 3.59. The number of carbonyl (C=O) groups excluding carboxylic acids is 1. The van der Waals surface area contributed by atoms with Crippen LogP contribution in [0.5, 0.6) is 5.75 Å². The van der Waals surface area contributed by atoms with Crippen LogP contribution in [0.15, 0.2) is 6.07 Å². The molecule has 0 N–H and O–H groups in total. The summed E-state index contributed by atoms with van der Waals surface area (Å²) < 4.78 is 46.2. The molecule has 9 heteroatoms. The lowest BCUT2D eigenvalue weighted by Crippen LogP contribution is -2.20. The minimum atomic E-state index is -4.84. The van der Waals surface area contributed by atoms with Crippen molar-refractivity contribution in [2.45, 2.75) is 25.0 Å². The van der Waals surface area contributed by atoms with E-state index in [9.17, 15) is 18.0 Å². The molecule has 1 aromatic rings. The van der Waals surface area contributed by atoms with Crippen LogP contribution >= 0.6 is 38.5 Å². The van der Waals surface area contributed by atoms with Crippen LogP contribution in [0.2, 0.25) is 0 Å². The first kappa shape index (κ1) is 17.5. The molecule has 0 bridgehead atoms. The molecule has 0 amide bonds. The molecular weight excluding hydrogens is 458 g/mol. The van der Waals surface area contributed by atoms with Crippen molar-refractivity contribution >= 4 is 44.5 Å². The van der Waals surface area contributed by atoms with Gasteiger partial charge in [-0.25, -0.2) is 4.98 Å². The molecular formula is C11H10BrF3INO3. The van der Waals surface area contributed by atoms with Crippen LogP contribution in [-0.4, -0.2) is 23.9 Å². The third kappa shape index (κ3) is 5.43. The molecule has 0 aromatic carbocycles. The number of ether oxygens (including phenoxy) is 2. The molecule has 0 aliphatic heterocycles. The van der Waals surface area contributed by atoms with Crippen LogP contribution in [0.4, 0.5) is 13.2 Å². The first-order valence-corrected chi connectivity index (χ1v) is 7.62. The Labute approximate surface area is 135 Å². The van der Waals surface area contributed by atoms with Gasteiger partial charge in [-0.2, -0.15) is 0 Å². The molecule has 1 rings (SSSR count). The second-order valence-electron chi connectivity index (χ2n) is 3.53. The summed E-state index contributed by atoms with van der Waals surface area (Å²) >= 11 is 4.91. The van der Waals surface area contributed by atoms with Crippen molar-refractivity contribution in [3.63, 3.8) is 0 Å². The second-order valence-corrected chi connectivity index (χ2v) is 5.20. The lowest BCUT2D eigenvalue weighted by atomic mass is 10.1. The second kappa shape index (κ2) is 7.43. The van der Waals surface area contributed by atoms with Crippen molar-refractivity contribution in [1.82, 2.24) is 4.98 Å². The van der Waals surface area contributed by atoms with Gasteiger partial charge in [0.05, 0.1) is 18.7 Å². The Morgan fingerprint density at radius 1 is 1.50 bits per heavy atom. The molecule has 0 atom stereocenters. The molecule has 0 fully saturated rings. The topological polar surface area (TPSA) is 48.4 Å². The van der Waals surface area contributed by atoms with Gasteiger partial charge in [-0.15, -0.1) is 13.2 Å². The van der Waals surface area contributed by atoms with E-state index in [2.05, 4.69) is 25.7 Å². The summed E-state index contributed by atoms with van der Waals surface area (Å²) in [5.41, 5.74) is 0.377. The largest absolute Gasteiger partial charge is 0.573 e. The van der Waals surface area contributed by atoms with Gasteiger partial charge in [0.2, 0.25) is 0 Å². The Kier molecular flexibility index (Phi) is 6.49. The number of carbonyl (C=O) groups is 1. The Morgan fingerprint density at radius 3 is 2.65 bits per heavy atom. The minimum Gasteiger partial charge on any atom is -0.466 e. The molecule has 0 unspecified atom stereocenters. The first-order valence-electron chi connectivity index (χ1n) is 5.42. The molecule has 4 nitrogen and oxygen atoms in total. The summed E-state index contributed by atoms with van der Waals surface area (Å²) in [5.74, 6) is -1.07. The Morgan fingerprint density at radius 2 is 2.15 bits per heavy atom. The maximum Gasteiger partial charge on any atom is 0.573 e. The van der Waals surface area contributed by atoms with Crippen LogP contribution < -0.4 is 4.74 Å². The van der Waals surface area contributed by atoms with Crippen molar-refractivity contribution < 1.29 is 27.4 Å². The van der Waals surface area contributed by atoms with E-state index in [0.717, 1.165) is 6.07 Å². The zero-order valence-electron chi connectivity index (χ0n) is 10.3. The molecule has 112 valence electrons. The highest BCUT2D eigenvalue weighted by Gasteiger charge is 2.33. The van der Waals surface area contributed by atoms with E-state index < -0.39 is 18.1 Å². The van der Waals surface area contributed by atoms with E-state index in [4.69, 9.17) is 4.74 Å². The van der Waals surface area contributed by atoms with Gasteiger partial charge < -0.3 is 9.47 Å². The molecule has 1 aromatic heterocycles. The number of halogens is 5. The van der Waals surface area contributed by atoms with Gasteiger partial charge in [0.25, 0.3) is 0 Å². The Hall–Kier alpha value is -0.580. The molecule has 0 saturated carbocycles. The van der Waals surface area contributed by atoms with E-state index >= 15 is 0 Å². The van der Waals surface area contributed by atoms with Gasteiger partial charge >= 0.3 is 12.3 Å². The fourth-order valence-electron chi connectivity index (χ4n) is 1.44. The normalized spacial score (nSPS) is 11.3. The third-order valence-corrected chi connectivity index (χ3v) is 3.20. The van der Waals surface area contributed by atoms with E-state index in [1.165, 1.54) is 0 Å². The number of hydrogen-bond donors (Lipinski definition) is 0. The molecule has 0 aliphatic rings. The van der Waals surface area contributed by atoms with Crippen molar-refractivity contribution in [3.8, 4) is 5.75 Å². The number of aromatic nitrogens is 1. The average Bonchev–Trinajstić information content (AvgIpc) is 2.30. The summed E-state index contributed by atoms with van der Waals surface area (Å²) in [4.78, 5) is 15.6. The number of hydrogen-bond acceptors (Lipinski definition) is 4. The Bertz CT molecular complexity index is 497. The quantitative estimate of drug-likeness (QED) is 0.287. The summed E-state index contributed by atoms with van der Waals surface area (Å²) in [6.45, 7) is 1.76. The number of alkyl halides is 4. The molecule has 0 saturated heterocycles. The van der Waals surface area contributed by atoms with Crippen LogP contribution in [0.25, 0.3) is 0 Å². The van der Waals surface area contributed by atoms with Crippen LogP contribution in [0.1, 0.15) is 18.2 Å². The van der Waals surface area contributed by atoms with Gasteiger partial charge in [0.1, 0.15) is 9.45 Å². The van der Waals surface area contributed by atoms with Crippen LogP contribution in [0.3, 0.4) is 0 Å². The zero-order valence-corrected chi connectivity index (χ0v) is 14.0. The lowest BCUT2D eigenvalue weighted by Gasteiger charge is -2.15. The average molecular weight is 468 g/mol. The molecule has 0 radical (unpaired) electrons. The highest BCUT2D eigenvalue weighted by Crippen LogP contribution is 2.30. The molecule has 0 spiro atoms. The number of nitrogens with zero attached hydrogens (tertiary/aromatic N) is 1. The fourth-order valence-corrected chi connectivity index (χ4v) is 2.48. The van der Waals surface area contributed by atoms with Gasteiger partial charge in [0, 0.05) is 17.0 Å². The standard InChI is InChI=1S/C11H10BrF3INO3/c1-2-19-10(18)3-6-7(5-12)17-9(16)4-8(6)20-11(13,14)15/h4H,2-3,5H2,1H3. The maximum atomic E-state index is 12.4. The van der Waals surface area contributed by atoms with Gasteiger partial charge in [-0.1, -0.05) is 15.9 Å². The summed E-state index contributed by atoms with van der Waals surface area (Å²) in [6, 6.07) is 1.13. The summed E-state index contributed by atoms with van der Waals surface area (Å²) in [6.07, 6.45) is -5.17. The fraction of sp³-hybridized carbons (Fsp3) is 0.455. The van der Waals surface area contributed by atoms with E-state index in [-0.39, 0.29) is 23.9 Å².